The summed E-state index contributed by atoms with van der Waals surface area (Å²) in [6.07, 6.45) is 13.9. The molecule has 3 heterocycles. The quantitative estimate of drug-likeness (QED) is 0.307. The maximum Gasteiger partial charge on any atom is 0.329 e. The van der Waals surface area contributed by atoms with Gasteiger partial charge in [0.15, 0.2) is 0 Å². The Morgan fingerprint density at radius 3 is 2.24 bits per heavy atom. The van der Waals surface area contributed by atoms with Crippen molar-refractivity contribution in [2.45, 2.75) is 44.9 Å². The molecule has 2 aliphatic rings. The van der Waals surface area contributed by atoms with Gasteiger partial charge in [-0.05, 0) is 79.0 Å². The number of benzene rings is 2. The number of unbranched alkanes of at least 4 members (excludes halogenated alkanes) is 1. The number of carbonyl (C=O) groups excluding carboxylic acids is 2. The first-order valence-corrected chi connectivity index (χ1v) is 13.8. The minimum absolute atomic E-state index is 0.0719. The summed E-state index contributed by atoms with van der Waals surface area (Å²) in [5, 5.41) is 2.97. The lowest BCUT2D eigenvalue weighted by atomic mass is 9.91. The van der Waals surface area contributed by atoms with Gasteiger partial charge in [0.1, 0.15) is 0 Å². The first-order valence-electron chi connectivity index (χ1n) is 13.8. The van der Waals surface area contributed by atoms with Crippen LogP contribution in [-0.2, 0) is 17.6 Å². The molecular formula is C32H36N4O2. The number of hydrogen-bond acceptors (Lipinski definition) is 3. The van der Waals surface area contributed by atoms with Crippen LogP contribution < -0.4 is 10.2 Å². The monoisotopic (exact) mass is 508 g/mol. The van der Waals surface area contributed by atoms with Crippen molar-refractivity contribution in [1.82, 2.24) is 15.2 Å². The van der Waals surface area contributed by atoms with Crippen molar-refractivity contribution < 1.29 is 9.59 Å². The van der Waals surface area contributed by atoms with Gasteiger partial charge < -0.3 is 10.2 Å². The number of piperidine rings is 1. The topological polar surface area (TPSA) is 65.5 Å². The maximum atomic E-state index is 13.8. The van der Waals surface area contributed by atoms with E-state index in [1.54, 1.807) is 24.5 Å². The molecule has 3 amide bonds. The standard InChI is InChI=1S/C32H36N4O2/c37-31(17-14-26-9-7-20-33-24-26)34-21-6-5-8-25-18-22-35(23-19-25)32(38)36-29-12-3-1-10-27(29)15-16-28-11-2-4-13-30(28)36/h1-4,7,9-14,17,20,24-25H,5-6,8,15-16,18-19,21-23H2,(H,34,37)/b17-14-. The molecule has 1 aromatic heterocycles. The molecule has 1 saturated heterocycles. The second-order valence-corrected chi connectivity index (χ2v) is 10.2. The van der Waals surface area contributed by atoms with Gasteiger partial charge in [0.2, 0.25) is 5.91 Å². The second-order valence-electron chi connectivity index (χ2n) is 10.2. The van der Waals surface area contributed by atoms with E-state index in [0.29, 0.717) is 12.5 Å². The number of aryl methyl sites for hydroxylation is 2. The largest absolute Gasteiger partial charge is 0.353 e. The number of pyridine rings is 1. The van der Waals surface area contributed by atoms with E-state index in [2.05, 4.69) is 46.7 Å². The van der Waals surface area contributed by atoms with Crippen LogP contribution in [0.1, 0.15) is 48.8 Å². The molecule has 0 atom stereocenters. The Labute approximate surface area is 225 Å². The molecule has 0 aliphatic carbocycles. The van der Waals surface area contributed by atoms with Gasteiger partial charge >= 0.3 is 6.03 Å². The molecule has 0 spiro atoms. The summed E-state index contributed by atoms with van der Waals surface area (Å²) in [5.74, 6) is 0.557. The van der Waals surface area contributed by atoms with E-state index >= 15 is 0 Å². The smallest absolute Gasteiger partial charge is 0.329 e. The van der Waals surface area contributed by atoms with E-state index in [1.165, 1.54) is 11.1 Å². The van der Waals surface area contributed by atoms with Crippen molar-refractivity contribution in [3.8, 4) is 0 Å². The highest BCUT2D eigenvalue weighted by Crippen LogP contribution is 2.37. The van der Waals surface area contributed by atoms with Crippen molar-refractivity contribution in [2.24, 2.45) is 5.92 Å². The summed E-state index contributed by atoms with van der Waals surface area (Å²) in [6, 6.07) is 20.5. The first kappa shape index (κ1) is 25.7. The summed E-state index contributed by atoms with van der Waals surface area (Å²) >= 11 is 0. The van der Waals surface area contributed by atoms with Crippen LogP contribution in [0.25, 0.3) is 6.08 Å². The number of carbonyl (C=O) groups is 2. The molecule has 38 heavy (non-hydrogen) atoms. The number of rotatable bonds is 7. The van der Waals surface area contributed by atoms with E-state index in [0.717, 1.165) is 75.0 Å². The van der Waals surface area contributed by atoms with Crippen LogP contribution >= 0.6 is 0 Å². The summed E-state index contributed by atoms with van der Waals surface area (Å²) < 4.78 is 0. The van der Waals surface area contributed by atoms with Gasteiger partial charge in [-0.3, -0.25) is 14.7 Å². The number of urea groups is 1. The lowest BCUT2D eigenvalue weighted by Gasteiger charge is -2.36. The number of anilines is 2. The Morgan fingerprint density at radius 1 is 0.895 bits per heavy atom. The fourth-order valence-electron chi connectivity index (χ4n) is 5.52. The Hall–Kier alpha value is -3.93. The minimum atomic E-state index is -0.0719. The van der Waals surface area contributed by atoms with Crippen molar-refractivity contribution in [3.63, 3.8) is 0 Å². The number of aromatic nitrogens is 1. The van der Waals surface area contributed by atoms with Crippen LogP contribution in [0.2, 0.25) is 0 Å². The van der Waals surface area contributed by atoms with Crippen LogP contribution in [0.5, 0.6) is 0 Å². The Balaban J connectivity index is 1.08. The predicted octanol–water partition coefficient (Wildman–Crippen LogP) is 6.15. The molecule has 2 aliphatic heterocycles. The summed E-state index contributed by atoms with van der Waals surface area (Å²) in [6.45, 7) is 2.27. The number of hydrogen-bond donors (Lipinski definition) is 1. The average molecular weight is 509 g/mol. The zero-order valence-corrected chi connectivity index (χ0v) is 21.9. The lowest BCUT2D eigenvalue weighted by molar-refractivity contribution is -0.116. The molecule has 2 aromatic carbocycles. The highest BCUT2D eigenvalue weighted by molar-refractivity contribution is 6.01. The molecule has 1 fully saturated rings. The van der Waals surface area contributed by atoms with E-state index in [4.69, 9.17) is 0 Å². The van der Waals surface area contributed by atoms with Gasteiger partial charge in [0.05, 0.1) is 11.4 Å². The third-order valence-electron chi connectivity index (χ3n) is 7.66. The van der Waals surface area contributed by atoms with Crippen molar-refractivity contribution in [2.75, 3.05) is 24.5 Å². The van der Waals surface area contributed by atoms with Gasteiger partial charge in [-0.1, -0.05) is 55.3 Å². The third-order valence-corrected chi connectivity index (χ3v) is 7.66. The van der Waals surface area contributed by atoms with E-state index < -0.39 is 0 Å². The van der Waals surface area contributed by atoms with Crippen molar-refractivity contribution in [3.05, 3.63) is 95.8 Å². The molecule has 0 unspecified atom stereocenters. The molecule has 1 N–H and O–H groups in total. The molecule has 6 nitrogen and oxygen atoms in total. The molecule has 3 aromatic rings. The van der Waals surface area contributed by atoms with Crippen molar-refractivity contribution >= 4 is 29.4 Å². The van der Waals surface area contributed by atoms with Gasteiger partial charge in [-0.15, -0.1) is 0 Å². The van der Waals surface area contributed by atoms with Crippen LogP contribution in [0.3, 0.4) is 0 Å². The zero-order chi connectivity index (χ0) is 26.2. The Bertz CT molecular complexity index is 1220. The number of fused-ring (bicyclic) bond motifs is 2. The number of para-hydroxylation sites is 2. The predicted molar refractivity (Wildman–Crippen MR) is 152 cm³/mol. The van der Waals surface area contributed by atoms with Crippen LogP contribution in [-0.4, -0.2) is 41.5 Å². The zero-order valence-electron chi connectivity index (χ0n) is 21.9. The van der Waals surface area contributed by atoms with Gasteiger partial charge in [-0.25, -0.2) is 4.79 Å². The van der Waals surface area contributed by atoms with E-state index in [-0.39, 0.29) is 11.9 Å². The molecule has 196 valence electrons. The number of amides is 3. The number of nitrogens with one attached hydrogen (secondary N) is 1. The summed E-state index contributed by atoms with van der Waals surface area (Å²) in [7, 11) is 0. The summed E-state index contributed by atoms with van der Waals surface area (Å²) in [5.41, 5.74) is 5.40. The number of nitrogens with zero attached hydrogens (tertiary/aromatic N) is 3. The summed E-state index contributed by atoms with van der Waals surface area (Å²) in [4.78, 5) is 33.9. The van der Waals surface area contributed by atoms with Gasteiger partial charge in [-0.2, -0.15) is 0 Å². The van der Waals surface area contributed by atoms with Crippen LogP contribution in [0.15, 0.2) is 79.1 Å². The van der Waals surface area contributed by atoms with E-state index in [9.17, 15) is 9.59 Å². The molecule has 0 saturated carbocycles. The molecule has 5 rings (SSSR count). The van der Waals surface area contributed by atoms with Crippen LogP contribution in [0.4, 0.5) is 16.2 Å². The Morgan fingerprint density at radius 2 is 1.58 bits per heavy atom. The molecule has 6 heteroatoms. The molecular weight excluding hydrogens is 472 g/mol. The second kappa shape index (κ2) is 12.5. The van der Waals surface area contributed by atoms with Crippen LogP contribution in [0, 0.1) is 5.92 Å². The van der Waals surface area contributed by atoms with Gasteiger partial charge in [0, 0.05) is 38.1 Å². The molecule has 0 radical (unpaired) electrons. The lowest BCUT2D eigenvalue weighted by Crippen LogP contribution is -2.45. The fraction of sp³-hybridized carbons (Fsp3) is 0.344. The Kier molecular flexibility index (Phi) is 8.49. The average Bonchev–Trinajstić information content (AvgIpc) is 3.13. The highest BCUT2D eigenvalue weighted by Gasteiger charge is 2.31. The highest BCUT2D eigenvalue weighted by atomic mass is 16.2. The van der Waals surface area contributed by atoms with E-state index in [1.807, 2.05) is 34.1 Å². The third kappa shape index (κ3) is 6.31. The maximum absolute atomic E-state index is 13.8. The van der Waals surface area contributed by atoms with Crippen molar-refractivity contribution in [1.29, 1.82) is 0 Å². The minimum Gasteiger partial charge on any atom is -0.353 e. The first-order chi connectivity index (χ1) is 18.7. The fourth-order valence-corrected chi connectivity index (χ4v) is 5.52. The SMILES string of the molecule is O=C(/C=C\c1cccnc1)NCCCCC1CCN(C(=O)N2c3ccccc3CCc3ccccc32)CC1. The molecule has 0 bridgehead atoms. The normalized spacial score (nSPS) is 15.6. The number of likely N-dealkylation sites (tertiary alicyclic amines) is 1. The van der Waals surface area contributed by atoms with Gasteiger partial charge in [0.25, 0.3) is 0 Å².